The maximum Gasteiger partial charge on any atom is 0.311 e. The summed E-state index contributed by atoms with van der Waals surface area (Å²) >= 11 is 0. The number of aromatic nitrogens is 1. The zero-order chi connectivity index (χ0) is 17.9. The molecule has 0 spiro atoms. The van der Waals surface area contributed by atoms with Crippen molar-refractivity contribution in [1.82, 2.24) is 9.88 Å². The first-order valence-corrected chi connectivity index (χ1v) is 8.90. The van der Waals surface area contributed by atoms with Crippen molar-refractivity contribution in [3.8, 4) is 0 Å². The first kappa shape index (κ1) is 17.5. The van der Waals surface area contributed by atoms with E-state index in [-0.39, 0.29) is 5.91 Å². The van der Waals surface area contributed by atoms with Crippen LogP contribution in [0.5, 0.6) is 0 Å². The number of pyridine rings is 1. The van der Waals surface area contributed by atoms with E-state index < -0.39 is 11.4 Å². The number of rotatable bonds is 5. The molecule has 25 heavy (non-hydrogen) atoms. The van der Waals surface area contributed by atoms with E-state index in [9.17, 15) is 14.7 Å². The Morgan fingerprint density at radius 2 is 2.00 bits per heavy atom. The van der Waals surface area contributed by atoms with Gasteiger partial charge in [0.05, 0.1) is 11.0 Å². The molecule has 1 N–H and O–H groups in total. The predicted octanol–water partition coefficient (Wildman–Crippen LogP) is 2.56. The number of allylic oxidation sites excluding steroid dienone is 1. The van der Waals surface area contributed by atoms with Crippen molar-refractivity contribution >= 4 is 17.7 Å². The summed E-state index contributed by atoms with van der Waals surface area (Å²) in [4.78, 5) is 32.5. The van der Waals surface area contributed by atoms with E-state index in [1.165, 1.54) is 0 Å². The summed E-state index contributed by atoms with van der Waals surface area (Å²) in [6.07, 6.45) is 7.32. The molecule has 0 unspecified atom stereocenters. The highest BCUT2D eigenvalue weighted by Crippen LogP contribution is 2.35. The molecule has 6 nitrogen and oxygen atoms in total. The van der Waals surface area contributed by atoms with Gasteiger partial charge >= 0.3 is 5.97 Å². The Balaban J connectivity index is 1.74. The minimum Gasteiger partial charge on any atom is -0.481 e. The normalized spacial score (nSPS) is 23.5. The van der Waals surface area contributed by atoms with Gasteiger partial charge < -0.3 is 14.9 Å². The molecule has 0 radical (unpaired) electrons. The smallest absolute Gasteiger partial charge is 0.311 e. The third-order valence-corrected chi connectivity index (χ3v) is 5.28. The van der Waals surface area contributed by atoms with Crippen LogP contribution in [0.2, 0.25) is 0 Å². The molecule has 1 amide bonds. The molecule has 3 rings (SSSR count). The minimum atomic E-state index is -0.800. The number of carbonyl (C=O) groups is 2. The number of carbonyl (C=O) groups excluding carboxylic acids is 1. The third kappa shape index (κ3) is 3.52. The number of carboxylic acid groups (broad SMARTS) is 1. The van der Waals surface area contributed by atoms with Gasteiger partial charge in [-0.25, -0.2) is 4.98 Å². The first-order chi connectivity index (χ1) is 12.1. The van der Waals surface area contributed by atoms with Crippen molar-refractivity contribution < 1.29 is 14.7 Å². The molecule has 1 aromatic heterocycles. The number of amides is 1. The molecule has 134 valence electrons. The highest BCUT2D eigenvalue weighted by atomic mass is 16.4. The van der Waals surface area contributed by atoms with Crippen LogP contribution in [0.25, 0.3) is 0 Å². The van der Waals surface area contributed by atoms with Crippen LogP contribution < -0.4 is 4.90 Å². The van der Waals surface area contributed by atoms with Gasteiger partial charge in [0.2, 0.25) is 0 Å². The molecule has 0 bridgehead atoms. The predicted molar refractivity (Wildman–Crippen MR) is 95.7 cm³/mol. The number of piperidine rings is 1. The van der Waals surface area contributed by atoms with Gasteiger partial charge in [-0.3, -0.25) is 9.59 Å². The average Bonchev–Trinajstić information content (AvgIpc) is 3.16. The van der Waals surface area contributed by atoms with Crippen LogP contribution in [0.15, 0.2) is 31.0 Å². The number of hydrogen-bond donors (Lipinski definition) is 1. The Kier molecular flexibility index (Phi) is 5.06. The molecule has 0 saturated carbocycles. The van der Waals surface area contributed by atoms with Crippen molar-refractivity contribution in [3.63, 3.8) is 0 Å². The quantitative estimate of drug-likeness (QED) is 0.832. The largest absolute Gasteiger partial charge is 0.481 e. The molecule has 2 aliphatic heterocycles. The summed E-state index contributed by atoms with van der Waals surface area (Å²) in [5.74, 6) is -0.0213. The van der Waals surface area contributed by atoms with E-state index in [2.05, 4.69) is 11.6 Å². The lowest BCUT2D eigenvalue weighted by atomic mass is 9.77. The van der Waals surface area contributed by atoms with Crippen LogP contribution in [0.4, 0.5) is 5.82 Å². The fourth-order valence-electron chi connectivity index (χ4n) is 3.83. The van der Waals surface area contributed by atoms with Crippen LogP contribution in [0.1, 0.15) is 42.5 Å². The van der Waals surface area contributed by atoms with Gasteiger partial charge in [-0.1, -0.05) is 6.08 Å². The van der Waals surface area contributed by atoms with E-state index in [4.69, 9.17) is 0 Å². The van der Waals surface area contributed by atoms with Crippen molar-refractivity contribution in [2.45, 2.75) is 32.1 Å². The number of carboxylic acids is 1. The van der Waals surface area contributed by atoms with Gasteiger partial charge in [-0.2, -0.15) is 0 Å². The fourth-order valence-corrected chi connectivity index (χ4v) is 3.83. The monoisotopic (exact) mass is 343 g/mol. The molecular formula is C19H25N3O3. The second-order valence-corrected chi connectivity index (χ2v) is 7.01. The van der Waals surface area contributed by atoms with E-state index >= 15 is 0 Å². The van der Waals surface area contributed by atoms with Crippen molar-refractivity contribution in [3.05, 3.63) is 36.5 Å². The molecule has 3 heterocycles. The maximum atomic E-state index is 12.4. The zero-order valence-electron chi connectivity index (χ0n) is 14.5. The molecule has 1 atom stereocenters. The standard InChI is InChI=1S/C19H25N3O3/c1-2-8-19(18(24)25)9-5-12-22(14-19)16-7-6-15(13-20-16)17(23)21-10-3-4-11-21/h2,6-7,13H,1,3-5,8-12,14H2,(H,24,25)/t19-/m1/s1. The van der Waals surface area contributed by atoms with Gasteiger partial charge in [-0.05, 0) is 44.2 Å². The van der Waals surface area contributed by atoms with Crippen molar-refractivity contribution in [2.24, 2.45) is 5.41 Å². The summed E-state index contributed by atoms with van der Waals surface area (Å²) in [6, 6.07) is 3.63. The van der Waals surface area contributed by atoms with Crippen LogP contribution >= 0.6 is 0 Å². The number of likely N-dealkylation sites (tertiary alicyclic amines) is 1. The lowest BCUT2D eigenvalue weighted by Crippen LogP contribution is -2.48. The Labute approximate surface area is 148 Å². The van der Waals surface area contributed by atoms with Crippen LogP contribution in [-0.2, 0) is 4.79 Å². The van der Waals surface area contributed by atoms with Gasteiger partial charge in [0.25, 0.3) is 5.91 Å². The Hall–Kier alpha value is -2.37. The molecule has 0 aliphatic carbocycles. The second-order valence-electron chi connectivity index (χ2n) is 7.01. The molecule has 2 fully saturated rings. The number of anilines is 1. The van der Waals surface area contributed by atoms with E-state index in [1.54, 1.807) is 18.3 Å². The summed E-state index contributed by atoms with van der Waals surface area (Å²) in [5, 5.41) is 9.68. The minimum absolute atomic E-state index is 0.0294. The van der Waals surface area contributed by atoms with Crippen LogP contribution in [0, 0.1) is 5.41 Å². The van der Waals surface area contributed by atoms with Gasteiger partial charge in [0, 0.05) is 32.4 Å². The van der Waals surface area contributed by atoms with E-state index in [0.29, 0.717) is 24.9 Å². The average molecular weight is 343 g/mol. The Bertz CT molecular complexity index is 652. The molecule has 1 aromatic rings. The Morgan fingerprint density at radius 1 is 1.24 bits per heavy atom. The fraction of sp³-hybridized carbons (Fsp3) is 0.526. The number of hydrogen-bond acceptors (Lipinski definition) is 4. The summed E-state index contributed by atoms with van der Waals surface area (Å²) < 4.78 is 0. The van der Waals surface area contributed by atoms with Crippen LogP contribution in [0.3, 0.4) is 0 Å². The van der Waals surface area contributed by atoms with Crippen LogP contribution in [-0.4, -0.2) is 53.0 Å². The van der Waals surface area contributed by atoms with Gasteiger partial charge in [0.1, 0.15) is 5.82 Å². The third-order valence-electron chi connectivity index (χ3n) is 5.28. The zero-order valence-corrected chi connectivity index (χ0v) is 14.5. The first-order valence-electron chi connectivity index (χ1n) is 8.90. The van der Waals surface area contributed by atoms with E-state index in [0.717, 1.165) is 44.7 Å². The second kappa shape index (κ2) is 7.25. The molecule has 2 saturated heterocycles. The summed E-state index contributed by atoms with van der Waals surface area (Å²) in [5.41, 5.74) is -0.204. The van der Waals surface area contributed by atoms with Crippen molar-refractivity contribution in [2.75, 3.05) is 31.1 Å². The number of nitrogens with zero attached hydrogens (tertiary/aromatic N) is 3. The Morgan fingerprint density at radius 3 is 2.60 bits per heavy atom. The van der Waals surface area contributed by atoms with Gasteiger partial charge in [-0.15, -0.1) is 6.58 Å². The summed E-state index contributed by atoms with van der Waals surface area (Å²) in [7, 11) is 0. The van der Waals surface area contributed by atoms with Gasteiger partial charge in [0.15, 0.2) is 0 Å². The maximum absolute atomic E-state index is 12.4. The molecule has 0 aromatic carbocycles. The molecule has 6 heteroatoms. The van der Waals surface area contributed by atoms with E-state index in [1.807, 2.05) is 15.9 Å². The topological polar surface area (TPSA) is 73.7 Å². The summed E-state index contributed by atoms with van der Waals surface area (Å²) in [6.45, 7) is 6.53. The molecule has 2 aliphatic rings. The highest BCUT2D eigenvalue weighted by Gasteiger charge is 2.41. The highest BCUT2D eigenvalue weighted by molar-refractivity contribution is 5.94. The SMILES string of the molecule is C=CC[C@@]1(C(=O)O)CCCN(c2ccc(C(=O)N3CCCC3)cn2)C1. The number of aliphatic carboxylic acids is 1. The lowest BCUT2D eigenvalue weighted by Gasteiger charge is -2.40. The lowest BCUT2D eigenvalue weighted by molar-refractivity contribution is -0.149. The van der Waals surface area contributed by atoms with Crippen molar-refractivity contribution in [1.29, 1.82) is 0 Å². The molecular weight excluding hydrogens is 318 g/mol.